The molecule has 0 spiro atoms. The molecule has 0 atom stereocenters. The number of nitrogens with one attached hydrogen (secondary N) is 3. The molecule has 0 bridgehead atoms. The van der Waals surface area contributed by atoms with Gasteiger partial charge in [-0.25, -0.2) is 9.18 Å². The molecule has 2 aliphatic rings. The van der Waals surface area contributed by atoms with Gasteiger partial charge in [0.15, 0.2) is 11.6 Å². The van der Waals surface area contributed by atoms with Gasteiger partial charge >= 0.3 is 6.03 Å². The molecular weight excluding hydrogens is 437 g/mol. The lowest BCUT2D eigenvalue weighted by Gasteiger charge is -2.21. The van der Waals surface area contributed by atoms with E-state index in [2.05, 4.69) is 15.6 Å². The number of ketones is 1. The van der Waals surface area contributed by atoms with Gasteiger partial charge in [0.25, 0.3) is 0 Å². The number of allylic oxidation sites excluding steroid dienone is 1. The number of Topliss-reactive ketones (excluding diaryl/α,β-unsaturated/α-hetero) is 1. The summed E-state index contributed by atoms with van der Waals surface area (Å²) >= 11 is 0. The minimum Gasteiger partial charge on any atom is -0.497 e. The van der Waals surface area contributed by atoms with Crippen LogP contribution in [0.2, 0.25) is 0 Å². The van der Waals surface area contributed by atoms with Gasteiger partial charge in [0.05, 0.1) is 18.2 Å². The Hall–Kier alpha value is -3.81. The monoisotopic (exact) mass is 463 g/mol. The number of aromatic nitrogens is 1. The lowest BCUT2D eigenvalue weighted by Crippen LogP contribution is -2.24. The Labute approximate surface area is 196 Å². The first-order valence-electron chi connectivity index (χ1n) is 11.4. The van der Waals surface area contributed by atoms with E-state index in [9.17, 15) is 14.0 Å². The predicted molar refractivity (Wildman–Crippen MR) is 128 cm³/mol. The highest BCUT2D eigenvalue weighted by Crippen LogP contribution is 2.41. The Morgan fingerprint density at radius 2 is 2.00 bits per heavy atom. The van der Waals surface area contributed by atoms with Gasteiger partial charge in [-0.1, -0.05) is 19.3 Å². The van der Waals surface area contributed by atoms with Crippen LogP contribution in [0, 0.1) is 5.82 Å². The van der Waals surface area contributed by atoms with E-state index in [4.69, 9.17) is 9.47 Å². The predicted octanol–water partition coefficient (Wildman–Crippen LogP) is 5.73. The summed E-state index contributed by atoms with van der Waals surface area (Å²) in [7, 11) is 3.01. The molecule has 34 heavy (non-hydrogen) atoms. The number of anilines is 1. The fourth-order valence-corrected chi connectivity index (χ4v) is 4.85. The molecule has 5 rings (SSSR count). The molecule has 8 heteroatoms. The number of benzene rings is 2. The summed E-state index contributed by atoms with van der Waals surface area (Å²) in [6.45, 7) is 0. The molecule has 2 aromatic carbocycles. The summed E-state index contributed by atoms with van der Waals surface area (Å²) in [5, 5.41) is 5.79. The van der Waals surface area contributed by atoms with Gasteiger partial charge in [-0.2, -0.15) is 0 Å². The fraction of sp³-hybridized carbons (Fsp3) is 0.308. The zero-order valence-electron chi connectivity index (χ0n) is 19.1. The third-order valence-electron chi connectivity index (χ3n) is 6.58. The standard InChI is InChI=1S/C26H26FN3O4/c1-28-26(32)29-15-8-9-21-19(10-15)25(31)22(34-21)13-18-17-11-16(33-2)12-20(27)24(17)30-23(18)14-6-4-3-5-7-14/h8-14,30H,3-7H2,1-2H3,(H2,28,29,32). The van der Waals surface area contributed by atoms with Gasteiger partial charge in [-0.05, 0) is 49.1 Å². The number of hydrogen-bond donors (Lipinski definition) is 3. The summed E-state index contributed by atoms with van der Waals surface area (Å²) in [4.78, 5) is 28.2. The smallest absolute Gasteiger partial charge is 0.318 e. The number of urea groups is 1. The molecule has 0 unspecified atom stereocenters. The number of methoxy groups -OCH3 is 1. The second-order valence-electron chi connectivity index (χ2n) is 8.67. The maximum Gasteiger partial charge on any atom is 0.318 e. The fourth-order valence-electron chi connectivity index (χ4n) is 4.85. The van der Waals surface area contributed by atoms with Crippen LogP contribution in [-0.4, -0.2) is 31.0 Å². The number of carbonyl (C=O) groups is 2. The van der Waals surface area contributed by atoms with Crippen LogP contribution in [0.15, 0.2) is 36.1 Å². The van der Waals surface area contributed by atoms with Gasteiger partial charge < -0.3 is 25.1 Å². The van der Waals surface area contributed by atoms with Gasteiger partial charge in [0.1, 0.15) is 11.5 Å². The van der Waals surface area contributed by atoms with Crippen LogP contribution in [-0.2, 0) is 0 Å². The molecule has 3 aromatic rings. The number of rotatable bonds is 4. The van der Waals surface area contributed by atoms with Gasteiger partial charge in [-0.15, -0.1) is 0 Å². The SMILES string of the molecule is CNC(=O)Nc1ccc2c(c1)C(=O)C(=Cc1c(C3CCCCC3)[nH]c3c(F)cc(OC)cc13)O2. The maximum atomic E-state index is 14.9. The van der Waals surface area contributed by atoms with Crippen molar-refractivity contribution in [2.45, 2.75) is 38.0 Å². The van der Waals surface area contributed by atoms with Crippen LogP contribution in [0.1, 0.15) is 59.6 Å². The Balaban J connectivity index is 1.59. The molecule has 0 radical (unpaired) electrons. The number of halogens is 1. The highest BCUT2D eigenvalue weighted by molar-refractivity contribution is 6.16. The molecule has 2 heterocycles. The molecule has 1 aromatic heterocycles. The second-order valence-corrected chi connectivity index (χ2v) is 8.67. The van der Waals surface area contributed by atoms with Crippen molar-refractivity contribution in [2.24, 2.45) is 0 Å². The number of hydrogen-bond acceptors (Lipinski definition) is 4. The Morgan fingerprint density at radius 3 is 2.74 bits per heavy atom. The van der Waals surface area contributed by atoms with E-state index in [1.54, 1.807) is 30.3 Å². The number of H-pyrrole nitrogens is 1. The molecular formula is C26H26FN3O4. The largest absolute Gasteiger partial charge is 0.497 e. The molecule has 0 saturated heterocycles. The van der Waals surface area contributed by atoms with Gasteiger partial charge in [0.2, 0.25) is 5.78 Å². The molecule has 7 nitrogen and oxygen atoms in total. The molecule has 1 saturated carbocycles. The number of carbonyl (C=O) groups excluding carboxylic acids is 2. The van der Waals surface area contributed by atoms with E-state index < -0.39 is 5.82 Å². The van der Waals surface area contributed by atoms with Crippen LogP contribution in [0.5, 0.6) is 11.5 Å². The molecule has 1 aliphatic carbocycles. The summed E-state index contributed by atoms with van der Waals surface area (Å²) in [5.74, 6) is 0.548. The molecule has 3 N–H and O–H groups in total. The molecule has 1 fully saturated rings. The first-order valence-corrected chi connectivity index (χ1v) is 11.4. The van der Waals surface area contributed by atoms with Crippen LogP contribution in [0.25, 0.3) is 17.0 Å². The van der Waals surface area contributed by atoms with E-state index in [0.717, 1.165) is 36.9 Å². The van der Waals surface area contributed by atoms with Gasteiger partial charge in [-0.3, -0.25) is 4.79 Å². The lowest BCUT2D eigenvalue weighted by atomic mass is 9.85. The van der Waals surface area contributed by atoms with Crippen LogP contribution >= 0.6 is 0 Å². The number of aromatic amines is 1. The van der Waals surface area contributed by atoms with Crippen molar-refractivity contribution in [3.05, 3.63) is 58.7 Å². The van der Waals surface area contributed by atoms with Crippen molar-refractivity contribution >= 4 is 34.5 Å². The van der Waals surface area contributed by atoms with E-state index >= 15 is 0 Å². The average molecular weight is 464 g/mol. The van der Waals surface area contributed by atoms with E-state index in [1.165, 1.54) is 26.6 Å². The first-order chi connectivity index (χ1) is 16.5. The highest BCUT2D eigenvalue weighted by atomic mass is 19.1. The third kappa shape index (κ3) is 3.89. The Morgan fingerprint density at radius 1 is 1.21 bits per heavy atom. The Bertz CT molecular complexity index is 1320. The average Bonchev–Trinajstić information content (AvgIpc) is 3.37. The molecule has 176 valence electrons. The number of amides is 2. The number of ether oxygens (including phenoxy) is 2. The third-order valence-corrected chi connectivity index (χ3v) is 6.58. The van der Waals surface area contributed by atoms with E-state index in [1.807, 2.05) is 0 Å². The lowest BCUT2D eigenvalue weighted by molar-refractivity contribution is 0.101. The minimum atomic E-state index is -0.400. The maximum absolute atomic E-state index is 14.9. The Kier molecular flexibility index (Phi) is 5.73. The van der Waals surface area contributed by atoms with Crippen molar-refractivity contribution in [1.82, 2.24) is 10.3 Å². The van der Waals surface area contributed by atoms with E-state index in [-0.39, 0.29) is 23.5 Å². The topological polar surface area (TPSA) is 92.5 Å². The first kappa shape index (κ1) is 22.0. The summed E-state index contributed by atoms with van der Waals surface area (Å²) in [5.41, 5.74) is 2.91. The quantitative estimate of drug-likeness (QED) is 0.431. The van der Waals surface area contributed by atoms with Crippen molar-refractivity contribution in [3.63, 3.8) is 0 Å². The normalized spacial score (nSPS) is 17.0. The van der Waals surface area contributed by atoms with Crippen molar-refractivity contribution in [1.29, 1.82) is 0 Å². The van der Waals surface area contributed by atoms with Crippen LogP contribution in [0.4, 0.5) is 14.9 Å². The van der Waals surface area contributed by atoms with Crippen LogP contribution < -0.4 is 20.1 Å². The van der Waals surface area contributed by atoms with Crippen molar-refractivity contribution in [3.8, 4) is 11.5 Å². The minimum absolute atomic E-state index is 0.160. The van der Waals surface area contributed by atoms with Crippen LogP contribution in [0.3, 0.4) is 0 Å². The summed E-state index contributed by atoms with van der Waals surface area (Å²) in [6.07, 6.45) is 7.14. The zero-order valence-corrected chi connectivity index (χ0v) is 19.1. The second kappa shape index (κ2) is 8.85. The summed E-state index contributed by atoms with van der Waals surface area (Å²) < 4.78 is 26.1. The zero-order chi connectivity index (χ0) is 23.8. The number of fused-ring (bicyclic) bond motifs is 2. The van der Waals surface area contributed by atoms with E-state index in [0.29, 0.717) is 33.7 Å². The summed E-state index contributed by atoms with van der Waals surface area (Å²) in [6, 6.07) is 7.67. The molecule has 1 aliphatic heterocycles. The van der Waals surface area contributed by atoms with Crippen molar-refractivity contribution in [2.75, 3.05) is 19.5 Å². The van der Waals surface area contributed by atoms with Crippen molar-refractivity contribution < 1.29 is 23.5 Å². The highest BCUT2D eigenvalue weighted by Gasteiger charge is 2.30. The molecule has 2 amide bonds. The van der Waals surface area contributed by atoms with Gasteiger partial charge in [0, 0.05) is 35.4 Å².